The Balaban J connectivity index is 2.05. The highest BCUT2D eigenvalue weighted by atomic mass is 16.2. The summed E-state index contributed by atoms with van der Waals surface area (Å²) in [5.41, 5.74) is 7.19. The number of carbonyl (C=O) groups excluding carboxylic acids is 1. The summed E-state index contributed by atoms with van der Waals surface area (Å²) in [5.74, 6) is 1.60. The van der Waals surface area contributed by atoms with Gasteiger partial charge in [0.15, 0.2) is 0 Å². The summed E-state index contributed by atoms with van der Waals surface area (Å²) in [4.78, 5) is 14.5. The van der Waals surface area contributed by atoms with Gasteiger partial charge in [-0.15, -0.1) is 0 Å². The van der Waals surface area contributed by atoms with Gasteiger partial charge >= 0.3 is 0 Å². The van der Waals surface area contributed by atoms with E-state index < -0.39 is 0 Å². The van der Waals surface area contributed by atoms with Crippen LogP contribution in [0, 0.1) is 11.8 Å². The van der Waals surface area contributed by atoms with Crippen molar-refractivity contribution in [2.24, 2.45) is 11.8 Å². The molecule has 106 valence electrons. The van der Waals surface area contributed by atoms with E-state index >= 15 is 0 Å². The van der Waals surface area contributed by atoms with Gasteiger partial charge in [-0.3, -0.25) is 4.79 Å². The molecule has 0 aliphatic carbocycles. The number of nitrogens with two attached hydrogens (primary N) is 1. The van der Waals surface area contributed by atoms with Crippen molar-refractivity contribution in [1.29, 1.82) is 0 Å². The van der Waals surface area contributed by atoms with Crippen LogP contribution in [0.5, 0.6) is 0 Å². The van der Waals surface area contributed by atoms with Gasteiger partial charge in [0, 0.05) is 25.8 Å². The standard InChI is InChI=1S/C15H25N3O/c1-4-17-10-13(16)9-14(17)15(19)18-7-5-12(6-8-18)11(2)3/h9-12H,4-8,16H2,1-3H3. The summed E-state index contributed by atoms with van der Waals surface area (Å²) in [6.45, 7) is 9.09. The molecule has 4 heteroatoms. The monoisotopic (exact) mass is 263 g/mol. The lowest BCUT2D eigenvalue weighted by Crippen LogP contribution is -2.40. The lowest BCUT2D eigenvalue weighted by molar-refractivity contribution is 0.0657. The van der Waals surface area contributed by atoms with E-state index in [1.807, 2.05) is 22.6 Å². The van der Waals surface area contributed by atoms with Gasteiger partial charge in [0.1, 0.15) is 5.69 Å². The molecule has 1 fully saturated rings. The van der Waals surface area contributed by atoms with Crippen LogP contribution in [-0.4, -0.2) is 28.5 Å². The van der Waals surface area contributed by atoms with Crippen LogP contribution in [0.1, 0.15) is 44.1 Å². The number of aryl methyl sites for hydroxylation is 1. The molecule has 0 aromatic carbocycles. The SMILES string of the molecule is CCn1cc(N)cc1C(=O)N1CCC(C(C)C)CC1. The molecule has 1 aromatic heterocycles. The average Bonchev–Trinajstić information content (AvgIpc) is 2.79. The molecule has 2 N–H and O–H groups in total. The van der Waals surface area contributed by atoms with Crippen LogP contribution < -0.4 is 5.73 Å². The first-order valence-corrected chi connectivity index (χ1v) is 7.27. The Hall–Kier alpha value is -1.45. The Morgan fingerprint density at radius 2 is 2.05 bits per heavy atom. The fraction of sp³-hybridized carbons (Fsp3) is 0.667. The lowest BCUT2D eigenvalue weighted by atomic mass is 9.86. The van der Waals surface area contributed by atoms with Crippen molar-refractivity contribution in [3.05, 3.63) is 18.0 Å². The van der Waals surface area contributed by atoms with E-state index in [4.69, 9.17) is 5.73 Å². The minimum absolute atomic E-state index is 0.126. The Morgan fingerprint density at radius 1 is 1.42 bits per heavy atom. The fourth-order valence-corrected chi connectivity index (χ4v) is 2.90. The van der Waals surface area contributed by atoms with Gasteiger partial charge in [0.25, 0.3) is 5.91 Å². The second-order valence-corrected chi connectivity index (χ2v) is 5.82. The van der Waals surface area contributed by atoms with Crippen LogP contribution in [0.2, 0.25) is 0 Å². The van der Waals surface area contributed by atoms with Gasteiger partial charge in [-0.2, -0.15) is 0 Å². The molecule has 1 amide bonds. The summed E-state index contributed by atoms with van der Waals surface area (Å²) in [6.07, 6.45) is 4.07. The molecule has 0 spiro atoms. The second kappa shape index (κ2) is 5.68. The van der Waals surface area contributed by atoms with Gasteiger partial charge in [-0.25, -0.2) is 0 Å². The van der Waals surface area contributed by atoms with Crippen LogP contribution in [0.4, 0.5) is 5.69 Å². The molecule has 4 nitrogen and oxygen atoms in total. The molecule has 0 bridgehead atoms. The molecule has 0 radical (unpaired) electrons. The molecule has 0 saturated carbocycles. The molecule has 1 saturated heterocycles. The van der Waals surface area contributed by atoms with Crippen molar-refractivity contribution in [1.82, 2.24) is 9.47 Å². The molecule has 2 heterocycles. The number of hydrogen-bond acceptors (Lipinski definition) is 2. The molecule has 1 aromatic rings. The van der Waals surface area contributed by atoms with E-state index in [2.05, 4.69) is 13.8 Å². The number of amides is 1. The van der Waals surface area contributed by atoms with Gasteiger partial charge in [-0.05, 0) is 37.7 Å². The molecule has 1 aliphatic heterocycles. The first-order chi connectivity index (χ1) is 9.02. The molecule has 2 rings (SSSR count). The largest absolute Gasteiger partial charge is 0.397 e. The first-order valence-electron chi connectivity index (χ1n) is 7.27. The van der Waals surface area contributed by atoms with Crippen molar-refractivity contribution in [3.8, 4) is 0 Å². The second-order valence-electron chi connectivity index (χ2n) is 5.82. The van der Waals surface area contributed by atoms with Crippen LogP contribution in [-0.2, 0) is 6.54 Å². The summed E-state index contributed by atoms with van der Waals surface area (Å²) >= 11 is 0. The Bertz CT molecular complexity index is 442. The summed E-state index contributed by atoms with van der Waals surface area (Å²) in [5, 5.41) is 0. The number of nitrogen functional groups attached to an aromatic ring is 1. The maximum absolute atomic E-state index is 12.5. The van der Waals surface area contributed by atoms with Gasteiger partial charge in [0.2, 0.25) is 0 Å². The third-order valence-electron chi connectivity index (χ3n) is 4.25. The quantitative estimate of drug-likeness (QED) is 0.911. The predicted octanol–water partition coefficient (Wildman–Crippen LogP) is 2.60. The Labute approximate surface area is 115 Å². The van der Waals surface area contributed by atoms with Crippen LogP contribution in [0.25, 0.3) is 0 Å². The highest BCUT2D eigenvalue weighted by Crippen LogP contribution is 2.25. The van der Waals surface area contributed by atoms with Crippen molar-refractivity contribution in [3.63, 3.8) is 0 Å². The number of anilines is 1. The molecule has 0 atom stereocenters. The molecule has 19 heavy (non-hydrogen) atoms. The smallest absolute Gasteiger partial charge is 0.270 e. The lowest BCUT2D eigenvalue weighted by Gasteiger charge is -2.34. The van der Waals surface area contributed by atoms with Crippen molar-refractivity contribution >= 4 is 11.6 Å². The average molecular weight is 263 g/mol. The normalized spacial score (nSPS) is 17.2. The van der Waals surface area contributed by atoms with E-state index in [1.54, 1.807) is 6.07 Å². The predicted molar refractivity (Wildman–Crippen MR) is 78.0 cm³/mol. The van der Waals surface area contributed by atoms with Gasteiger partial charge in [0.05, 0.1) is 5.69 Å². The zero-order valence-electron chi connectivity index (χ0n) is 12.2. The van der Waals surface area contributed by atoms with E-state index in [0.29, 0.717) is 11.6 Å². The maximum Gasteiger partial charge on any atom is 0.270 e. The zero-order chi connectivity index (χ0) is 14.0. The molecular weight excluding hydrogens is 238 g/mol. The Morgan fingerprint density at radius 3 is 2.58 bits per heavy atom. The number of piperidine rings is 1. The summed E-state index contributed by atoms with van der Waals surface area (Å²) in [6, 6.07) is 1.79. The van der Waals surface area contributed by atoms with E-state index in [1.165, 1.54) is 0 Å². The number of rotatable bonds is 3. The summed E-state index contributed by atoms with van der Waals surface area (Å²) in [7, 11) is 0. The Kier molecular flexibility index (Phi) is 4.17. The first kappa shape index (κ1) is 14.0. The third kappa shape index (κ3) is 2.94. The van der Waals surface area contributed by atoms with Crippen LogP contribution in [0.3, 0.4) is 0 Å². The number of hydrogen-bond donors (Lipinski definition) is 1. The molecule has 1 aliphatic rings. The number of aromatic nitrogens is 1. The van der Waals surface area contributed by atoms with Crippen molar-refractivity contribution in [2.75, 3.05) is 18.8 Å². The van der Waals surface area contributed by atoms with E-state index in [9.17, 15) is 4.79 Å². The number of nitrogens with zero attached hydrogens (tertiary/aromatic N) is 2. The highest BCUT2D eigenvalue weighted by molar-refractivity contribution is 5.93. The molecular formula is C15H25N3O. The van der Waals surface area contributed by atoms with E-state index in [-0.39, 0.29) is 5.91 Å². The van der Waals surface area contributed by atoms with Gasteiger partial charge < -0.3 is 15.2 Å². The minimum atomic E-state index is 0.126. The fourth-order valence-electron chi connectivity index (χ4n) is 2.90. The van der Waals surface area contributed by atoms with Crippen LogP contribution >= 0.6 is 0 Å². The maximum atomic E-state index is 12.5. The van der Waals surface area contributed by atoms with E-state index in [0.717, 1.165) is 44.1 Å². The highest BCUT2D eigenvalue weighted by Gasteiger charge is 2.26. The minimum Gasteiger partial charge on any atom is -0.397 e. The number of carbonyl (C=O) groups is 1. The molecule has 0 unspecified atom stereocenters. The van der Waals surface area contributed by atoms with Crippen molar-refractivity contribution < 1.29 is 4.79 Å². The summed E-state index contributed by atoms with van der Waals surface area (Å²) < 4.78 is 1.94. The zero-order valence-corrected chi connectivity index (χ0v) is 12.2. The van der Waals surface area contributed by atoms with Gasteiger partial charge in [-0.1, -0.05) is 13.8 Å². The number of likely N-dealkylation sites (tertiary alicyclic amines) is 1. The topological polar surface area (TPSA) is 51.3 Å². The van der Waals surface area contributed by atoms with Crippen molar-refractivity contribution in [2.45, 2.75) is 40.2 Å². The van der Waals surface area contributed by atoms with Crippen LogP contribution in [0.15, 0.2) is 12.3 Å². The third-order valence-corrected chi connectivity index (χ3v) is 4.25.